The third kappa shape index (κ3) is 3.38. The number of aryl methyl sites for hydroxylation is 1. The molecule has 0 unspecified atom stereocenters. The zero-order chi connectivity index (χ0) is 20.5. The van der Waals surface area contributed by atoms with Crippen LogP contribution in [0.1, 0.15) is 34.7 Å². The molecule has 1 aromatic carbocycles. The lowest BCUT2D eigenvalue weighted by Gasteiger charge is -2.36. The summed E-state index contributed by atoms with van der Waals surface area (Å²) in [5.41, 5.74) is 4.14. The second-order valence-electron chi connectivity index (χ2n) is 7.76. The first-order valence-electron chi connectivity index (χ1n) is 10.4. The van der Waals surface area contributed by atoms with E-state index in [-0.39, 0.29) is 11.5 Å². The maximum Gasteiger partial charge on any atom is 0.292 e. The van der Waals surface area contributed by atoms with Crippen molar-refractivity contribution in [3.63, 3.8) is 0 Å². The molecule has 1 amide bonds. The minimum Gasteiger partial charge on any atom is -0.366 e. The molecule has 0 bridgehead atoms. The van der Waals surface area contributed by atoms with Gasteiger partial charge in [-0.15, -0.1) is 0 Å². The van der Waals surface area contributed by atoms with Crippen LogP contribution in [0.3, 0.4) is 0 Å². The molecular formula is C22H23N5O3. The number of H-pyrrole nitrogens is 1. The molecule has 0 spiro atoms. The number of benzene rings is 1. The summed E-state index contributed by atoms with van der Waals surface area (Å²) in [5.74, 6) is 0.318. The van der Waals surface area contributed by atoms with Crippen molar-refractivity contribution in [1.82, 2.24) is 20.3 Å². The van der Waals surface area contributed by atoms with Gasteiger partial charge in [-0.3, -0.25) is 9.59 Å². The molecule has 8 heteroatoms. The lowest BCUT2D eigenvalue weighted by molar-refractivity contribution is 0.0703. The maximum absolute atomic E-state index is 13.0. The molecule has 8 nitrogen and oxygen atoms in total. The van der Waals surface area contributed by atoms with E-state index in [1.807, 2.05) is 35.2 Å². The van der Waals surface area contributed by atoms with Gasteiger partial charge in [0.1, 0.15) is 5.69 Å². The highest BCUT2D eigenvalue weighted by molar-refractivity contribution is 5.93. The van der Waals surface area contributed by atoms with Crippen LogP contribution in [-0.4, -0.2) is 52.3 Å². The van der Waals surface area contributed by atoms with Crippen molar-refractivity contribution in [3.8, 4) is 11.3 Å². The summed E-state index contributed by atoms with van der Waals surface area (Å²) < 4.78 is 5.43. The van der Waals surface area contributed by atoms with Crippen LogP contribution in [0.2, 0.25) is 0 Å². The number of nitrogens with zero attached hydrogens (tertiary/aromatic N) is 4. The molecule has 2 aliphatic rings. The van der Waals surface area contributed by atoms with Crippen LogP contribution in [-0.2, 0) is 12.8 Å². The molecule has 5 rings (SSSR count). The molecule has 0 radical (unpaired) electrons. The monoisotopic (exact) mass is 405 g/mol. The van der Waals surface area contributed by atoms with Crippen LogP contribution in [0, 0.1) is 0 Å². The van der Waals surface area contributed by atoms with Crippen molar-refractivity contribution in [2.45, 2.75) is 25.7 Å². The van der Waals surface area contributed by atoms with Crippen molar-refractivity contribution in [1.29, 1.82) is 0 Å². The Kier molecular flexibility index (Phi) is 4.82. The predicted octanol–water partition coefficient (Wildman–Crippen LogP) is 2.27. The molecule has 1 saturated heterocycles. The van der Waals surface area contributed by atoms with E-state index in [1.54, 1.807) is 6.07 Å². The molecular weight excluding hydrogens is 382 g/mol. The largest absolute Gasteiger partial charge is 0.366 e. The van der Waals surface area contributed by atoms with E-state index in [1.165, 1.54) is 0 Å². The second kappa shape index (κ2) is 7.78. The fourth-order valence-electron chi connectivity index (χ4n) is 4.30. The lowest BCUT2D eigenvalue weighted by atomic mass is 9.96. The highest BCUT2D eigenvalue weighted by Gasteiger charge is 2.30. The minimum atomic E-state index is -0.239. The number of nitrogens with one attached hydrogen (secondary N) is 1. The SMILES string of the molecule is O=C(c1onc2c1CCCC2)N1CCN(c2cc(=O)[nH]nc2-c2ccccc2)CC1. The Bertz CT molecular complexity index is 1110. The predicted molar refractivity (Wildman–Crippen MR) is 112 cm³/mol. The van der Waals surface area contributed by atoms with Crippen LogP contribution < -0.4 is 10.5 Å². The van der Waals surface area contributed by atoms with Gasteiger partial charge in [-0.25, -0.2) is 5.10 Å². The quantitative estimate of drug-likeness (QED) is 0.718. The summed E-state index contributed by atoms with van der Waals surface area (Å²) in [7, 11) is 0. The highest BCUT2D eigenvalue weighted by Crippen LogP contribution is 2.29. The van der Waals surface area contributed by atoms with Crippen molar-refractivity contribution in [2.24, 2.45) is 0 Å². The molecule has 154 valence electrons. The Hall–Kier alpha value is -3.42. The smallest absolute Gasteiger partial charge is 0.292 e. The molecule has 1 aliphatic heterocycles. The Morgan fingerprint density at radius 2 is 1.80 bits per heavy atom. The highest BCUT2D eigenvalue weighted by atomic mass is 16.5. The summed E-state index contributed by atoms with van der Waals surface area (Å²) >= 11 is 0. The first-order chi connectivity index (χ1) is 14.7. The molecule has 0 atom stereocenters. The van der Waals surface area contributed by atoms with Gasteiger partial charge in [-0.2, -0.15) is 5.10 Å². The van der Waals surface area contributed by atoms with E-state index < -0.39 is 0 Å². The van der Waals surface area contributed by atoms with Gasteiger partial charge >= 0.3 is 0 Å². The van der Waals surface area contributed by atoms with E-state index in [9.17, 15) is 9.59 Å². The molecule has 1 N–H and O–H groups in total. The van der Waals surface area contributed by atoms with Crippen molar-refractivity contribution >= 4 is 11.6 Å². The summed E-state index contributed by atoms with van der Waals surface area (Å²) in [5, 5.41) is 10.9. The zero-order valence-electron chi connectivity index (χ0n) is 16.6. The Balaban J connectivity index is 1.34. The normalized spacial score (nSPS) is 16.4. The number of fused-ring (bicyclic) bond motifs is 1. The summed E-state index contributed by atoms with van der Waals surface area (Å²) in [6.07, 6.45) is 3.91. The first-order valence-corrected chi connectivity index (χ1v) is 10.4. The van der Waals surface area contributed by atoms with E-state index in [4.69, 9.17) is 4.52 Å². The molecule has 1 fully saturated rings. The second-order valence-corrected chi connectivity index (χ2v) is 7.76. The maximum atomic E-state index is 13.0. The van der Waals surface area contributed by atoms with Gasteiger partial charge in [0, 0.05) is 43.4 Å². The average molecular weight is 405 g/mol. The number of piperazine rings is 1. The number of anilines is 1. The van der Waals surface area contributed by atoms with E-state index in [2.05, 4.69) is 20.3 Å². The van der Waals surface area contributed by atoms with Crippen molar-refractivity contribution in [3.05, 3.63) is 63.8 Å². The van der Waals surface area contributed by atoms with Gasteiger partial charge in [0.15, 0.2) is 0 Å². The molecule has 0 saturated carbocycles. The Morgan fingerprint density at radius 1 is 1.03 bits per heavy atom. The van der Waals surface area contributed by atoms with Crippen LogP contribution >= 0.6 is 0 Å². The fraction of sp³-hybridized carbons (Fsp3) is 0.364. The Labute approximate surface area is 173 Å². The molecule has 2 aromatic heterocycles. The number of amides is 1. The van der Waals surface area contributed by atoms with Crippen molar-refractivity contribution in [2.75, 3.05) is 31.1 Å². The molecule has 30 heavy (non-hydrogen) atoms. The van der Waals surface area contributed by atoms with Crippen LogP contribution in [0.15, 0.2) is 45.7 Å². The Morgan fingerprint density at radius 3 is 2.60 bits per heavy atom. The van der Waals surface area contributed by atoms with Gasteiger partial charge in [-0.05, 0) is 25.7 Å². The summed E-state index contributed by atoms with van der Waals surface area (Å²) in [6.45, 7) is 2.34. The van der Waals surface area contributed by atoms with Crippen molar-refractivity contribution < 1.29 is 9.32 Å². The molecule has 3 aromatic rings. The van der Waals surface area contributed by atoms with Gasteiger partial charge < -0.3 is 14.3 Å². The number of aromatic amines is 1. The molecule has 3 heterocycles. The zero-order valence-corrected chi connectivity index (χ0v) is 16.6. The third-order valence-corrected chi connectivity index (χ3v) is 5.90. The third-order valence-electron chi connectivity index (χ3n) is 5.90. The van der Waals surface area contributed by atoms with Gasteiger partial charge in [0.2, 0.25) is 5.76 Å². The van der Waals surface area contributed by atoms with Gasteiger partial charge in [0.05, 0.1) is 11.4 Å². The number of aromatic nitrogens is 3. The number of hydrogen-bond acceptors (Lipinski definition) is 6. The number of carbonyl (C=O) groups is 1. The van der Waals surface area contributed by atoms with Gasteiger partial charge in [0.25, 0.3) is 11.5 Å². The lowest BCUT2D eigenvalue weighted by Crippen LogP contribution is -2.49. The average Bonchev–Trinajstić information content (AvgIpc) is 3.23. The van der Waals surface area contributed by atoms with E-state index in [0.717, 1.165) is 53.9 Å². The van der Waals surface area contributed by atoms with Crippen LogP contribution in [0.4, 0.5) is 5.69 Å². The minimum absolute atomic E-state index is 0.0855. The van der Waals surface area contributed by atoms with Gasteiger partial charge in [-0.1, -0.05) is 35.5 Å². The topological polar surface area (TPSA) is 95.3 Å². The first kappa shape index (κ1) is 18.6. The summed E-state index contributed by atoms with van der Waals surface area (Å²) in [6, 6.07) is 11.4. The van der Waals surface area contributed by atoms with Crippen LogP contribution in [0.25, 0.3) is 11.3 Å². The number of hydrogen-bond donors (Lipinski definition) is 1. The molecule has 1 aliphatic carbocycles. The number of rotatable bonds is 3. The standard InChI is InChI=1S/C22H23N5O3/c28-19-14-18(20(24-23-19)15-6-2-1-3-7-15)26-10-12-27(13-11-26)22(29)21-16-8-4-5-9-17(16)25-30-21/h1-3,6-7,14H,4-5,8-13H2,(H,23,28). The van der Waals surface area contributed by atoms with Crippen LogP contribution in [0.5, 0.6) is 0 Å². The number of carbonyl (C=O) groups excluding carboxylic acids is 1. The fourth-order valence-corrected chi connectivity index (χ4v) is 4.30. The van der Waals surface area contributed by atoms with E-state index in [0.29, 0.717) is 31.9 Å². The summed E-state index contributed by atoms with van der Waals surface area (Å²) in [4.78, 5) is 28.9. The van der Waals surface area contributed by atoms with E-state index >= 15 is 0 Å².